The topological polar surface area (TPSA) is 109 Å². The summed E-state index contributed by atoms with van der Waals surface area (Å²) in [5.74, 6) is 0.640. The van der Waals surface area contributed by atoms with Gasteiger partial charge < -0.3 is 20.5 Å². The van der Waals surface area contributed by atoms with Crippen LogP contribution in [0.15, 0.2) is 24.3 Å². The summed E-state index contributed by atoms with van der Waals surface area (Å²) >= 11 is 0. The van der Waals surface area contributed by atoms with E-state index in [0.29, 0.717) is 30.7 Å². The van der Waals surface area contributed by atoms with E-state index in [1.807, 2.05) is 0 Å². The number of amides is 1. The number of rotatable bonds is 12. The third kappa shape index (κ3) is 6.49. The summed E-state index contributed by atoms with van der Waals surface area (Å²) in [7, 11) is 1.73. The van der Waals surface area contributed by atoms with Gasteiger partial charge in [0.1, 0.15) is 11.3 Å². The molecule has 10 nitrogen and oxygen atoms in total. The molecule has 3 N–H and O–H groups in total. The molecular weight excluding hydrogens is 470 g/mol. The van der Waals surface area contributed by atoms with E-state index in [1.54, 1.807) is 7.05 Å². The highest BCUT2D eigenvalue weighted by molar-refractivity contribution is 5.85. The number of carbonyl (C=O) groups is 1. The molecule has 10 heteroatoms. The molecule has 2 saturated heterocycles. The van der Waals surface area contributed by atoms with E-state index >= 15 is 0 Å². The summed E-state index contributed by atoms with van der Waals surface area (Å²) in [5.41, 5.74) is 8.84. The van der Waals surface area contributed by atoms with Crippen LogP contribution in [-0.2, 0) is 22.6 Å². The summed E-state index contributed by atoms with van der Waals surface area (Å²) in [6.07, 6.45) is 2.64. The van der Waals surface area contributed by atoms with Crippen LogP contribution in [0.5, 0.6) is 6.01 Å². The number of morpholine rings is 1. The Hall–Kier alpha value is -2.95. The van der Waals surface area contributed by atoms with E-state index in [4.69, 9.17) is 15.2 Å². The van der Waals surface area contributed by atoms with Crippen molar-refractivity contribution >= 4 is 23.7 Å². The zero-order valence-corrected chi connectivity index (χ0v) is 22.6. The van der Waals surface area contributed by atoms with Crippen LogP contribution in [0.4, 0.5) is 17.3 Å². The Morgan fingerprint density at radius 1 is 1.22 bits per heavy atom. The van der Waals surface area contributed by atoms with Crippen molar-refractivity contribution in [1.29, 1.82) is 0 Å². The number of hydrogen-bond donors (Lipinski definition) is 2. The van der Waals surface area contributed by atoms with Gasteiger partial charge in [0.15, 0.2) is 11.6 Å². The number of aromatic nitrogens is 2. The Morgan fingerprint density at radius 2 is 1.95 bits per heavy atom. The third-order valence-corrected chi connectivity index (χ3v) is 7.09. The Kier molecular flexibility index (Phi) is 8.83. The molecule has 4 rings (SSSR count). The van der Waals surface area contributed by atoms with Gasteiger partial charge in [0, 0.05) is 45.8 Å². The fourth-order valence-corrected chi connectivity index (χ4v) is 5.02. The zero-order valence-electron chi connectivity index (χ0n) is 22.6. The molecule has 0 bridgehead atoms. The Balaban J connectivity index is 1.37. The molecule has 2 aromatic rings. The van der Waals surface area contributed by atoms with Crippen LogP contribution < -0.4 is 20.7 Å². The molecule has 202 valence electrons. The number of unbranched alkanes of at least 4 members (excludes halogenated alkanes) is 1. The SMILES string of the molecule is CCCCOc1nc(N)c(NC)c(N(C=O)Cc2ccc(CN3CC4(C3)CN(C(C)C)CCO4)cc2)n1. The van der Waals surface area contributed by atoms with Crippen molar-refractivity contribution in [2.75, 3.05) is 62.4 Å². The molecule has 2 aliphatic heterocycles. The van der Waals surface area contributed by atoms with Crippen molar-refractivity contribution in [2.24, 2.45) is 0 Å². The molecule has 1 aromatic heterocycles. The van der Waals surface area contributed by atoms with Crippen LogP contribution in [0.25, 0.3) is 0 Å². The molecule has 0 radical (unpaired) electrons. The minimum Gasteiger partial charge on any atom is -0.463 e. The van der Waals surface area contributed by atoms with Gasteiger partial charge in [-0.3, -0.25) is 19.5 Å². The number of nitrogen functional groups attached to an aromatic ring is 1. The highest BCUT2D eigenvalue weighted by Crippen LogP contribution is 2.32. The van der Waals surface area contributed by atoms with Crippen molar-refractivity contribution < 1.29 is 14.3 Å². The molecule has 0 atom stereocenters. The van der Waals surface area contributed by atoms with E-state index < -0.39 is 0 Å². The molecule has 0 aliphatic carbocycles. The van der Waals surface area contributed by atoms with Crippen molar-refractivity contribution in [1.82, 2.24) is 19.8 Å². The molecule has 1 amide bonds. The van der Waals surface area contributed by atoms with E-state index in [0.717, 1.165) is 64.1 Å². The lowest BCUT2D eigenvalue weighted by atomic mass is 9.90. The van der Waals surface area contributed by atoms with Gasteiger partial charge in [0.25, 0.3) is 0 Å². The predicted molar refractivity (Wildman–Crippen MR) is 146 cm³/mol. The second-order valence-electron chi connectivity index (χ2n) is 10.3. The summed E-state index contributed by atoms with van der Waals surface area (Å²) in [6, 6.07) is 9.09. The normalized spacial score (nSPS) is 17.5. The highest BCUT2D eigenvalue weighted by atomic mass is 16.5. The van der Waals surface area contributed by atoms with E-state index in [2.05, 4.69) is 70.1 Å². The number of nitrogens with zero attached hydrogens (tertiary/aromatic N) is 5. The summed E-state index contributed by atoms with van der Waals surface area (Å²) < 4.78 is 11.8. The maximum atomic E-state index is 12.1. The van der Waals surface area contributed by atoms with Crippen LogP contribution in [0, 0.1) is 0 Å². The van der Waals surface area contributed by atoms with Crippen LogP contribution >= 0.6 is 0 Å². The molecule has 2 fully saturated rings. The number of carbonyl (C=O) groups excluding carboxylic acids is 1. The average Bonchev–Trinajstić information content (AvgIpc) is 2.87. The lowest BCUT2D eigenvalue weighted by molar-refractivity contribution is -0.189. The van der Waals surface area contributed by atoms with Gasteiger partial charge in [0.05, 0.1) is 19.8 Å². The van der Waals surface area contributed by atoms with E-state index in [9.17, 15) is 4.79 Å². The lowest BCUT2D eigenvalue weighted by Gasteiger charge is -2.54. The molecular formula is C27H41N7O3. The van der Waals surface area contributed by atoms with Gasteiger partial charge in [-0.05, 0) is 31.4 Å². The second-order valence-corrected chi connectivity index (χ2v) is 10.3. The smallest absolute Gasteiger partial charge is 0.320 e. The first-order valence-electron chi connectivity index (χ1n) is 13.2. The highest BCUT2D eigenvalue weighted by Gasteiger charge is 2.47. The molecule has 1 spiro atoms. The second kappa shape index (κ2) is 12.1. The van der Waals surface area contributed by atoms with E-state index in [1.165, 1.54) is 10.5 Å². The minimum atomic E-state index is -0.0174. The van der Waals surface area contributed by atoms with Crippen molar-refractivity contribution in [3.8, 4) is 6.01 Å². The zero-order chi connectivity index (χ0) is 26.4. The fraction of sp³-hybridized carbons (Fsp3) is 0.593. The molecule has 0 saturated carbocycles. The largest absolute Gasteiger partial charge is 0.463 e. The number of benzene rings is 1. The van der Waals surface area contributed by atoms with Gasteiger partial charge in [-0.2, -0.15) is 9.97 Å². The van der Waals surface area contributed by atoms with Crippen molar-refractivity contribution in [2.45, 2.75) is 58.3 Å². The lowest BCUT2D eigenvalue weighted by Crippen LogP contribution is -2.70. The van der Waals surface area contributed by atoms with Crippen LogP contribution in [0.2, 0.25) is 0 Å². The first-order chi connectivity index (χ1) is 17.9. The first kappa shape index (κ1) is 27.1. The third-order valence-electron chi connectivity index (χ3n) is 7.09. The van der Waals surface area contributed by atoms with Gasteiger partial charge in [-0.1, -0.05) is 37.6 Å². The molecule has 2 aliphatic rings. The number of likely N-dealkylation sites (tertiary alicyclic amines) is 1. The van der Waals surface area contributed by atoms with Crippen molar-refractivity contribution in [3.05, 3.63) is 35.4 Å². The molecule has 3 heterocycles. The van der Waals surface area contributed by atoms with Crippen LogP contribution in [-0.4, -0.2) is 84.3 Å². The van der Waals surface area contributed by atoms with Crippen molar-refractivity contribution in [3.63, 3.8) is 0 Å². The maximum absolute atomic E-state index is 12.1. The van der Waals surface area contributed by atoms with Gasteiger partial charge in [-0.25, -0.2) is 0 Å². The minimum absolute atomic E-state index is 0.0174. The quantitative estimate of drug-likeness (QED) is 0.328. The standard InChI is InChI=1S/C27H41N7O3/c1-5-6-12-36-26-30-24(28)23(29-4)25(31-26)34(19-35)15-22-9-7-21(8-10-22)14-32-16-27(17-32)18-33(20(2)3)11-13-37-27/h7-10,19-20,29H,5-6,11-18H2,1-4H3,(H2,28,30,31). The summed E-state index contributed by atoms with van der Waals surface area (Å²) in [4.78, 5) is 27.2. The van der Waals surface area contributed by atoms with Crippen LogP contribution in [0.1, 0.15) is 44.7 Å². The number of hydrogen-bond acceptors (Lipinski definition) is 9. The predicted octanol–water partition coefficient (Wildman–Crippen LogP) is 2.74. The number of anilines is 3. The molecule has 1 aromatic carbocycles. The summed E-state index contributed by atoms with van der Waals surface area (Å²) in [6.45, 7) is 13.1. The Morgan fingerprint density at radius 3 is 2.59 bits per heavy atom. The monoisotopic (exact) mass is 511 g/mol. The van der Waals surface area contributed by atoms with Gasteiger partial charge in [-0.15, -0.1) is 0 Å². The number of nitrogens with two attached hydrogens (primary N) is 1. The van der Waals surface area contributed by atoms with Gasteiger partial charge in [0.2, 0.25) is 6.41 Å². The van der Waals surface area contributed by atoms with Gasteiger partial charge >= 0.3 is 6.01 Å². The number of ether oxygens (including phenoxy) is 2. The Bertz CT molecular complexity index is 1040. The maximum Gasteiger partial charge on any atom is 0.320 e. The average molecular weight is 512 g/mol. The molecule has 0 unspecified atom stereocenters. The van der Waals surface area contributed by atoms with E-state index in [-0.39, 0.29) is 17.4 Å². The molecule has 37 heavy (non-hydrogen) atoms. The number of nitrogens with one attached hydrogen (secondary N) is 1. The Labute approximate surface area is 220 Å². The first-order valence-corrected chi connectivity index (χ1v) is 13.2. The summed E-state index contributed by atoms with van der Waals surface area (Å²) in [5, 5.41) is 3.01. The fourth-order valence-electron chi connectivity index (χ4n) is 5.02. The van der Waals surface area contributed by atoms with Crippen LogP contribution in [0.3, 0.4) is 0 Å².